The Morgan fingerprint density at radius 2 is 2.00 bits per heavy atom. The van der Waals surface area contributed by atoms with E-state index in [1.807, 2.05) is 36.4 Å². The molecule has 76 valence electrons. The van der Waals surface area contributed by atoms with Crippen molar-refractivity contribution < 1.29 is 8.83 Å². The number of rotatable bonds is 4. The monoisotopic (exact) mass is 201 g/mol. The van der Waals surface area contributed by atoms with E-state index in [4.69, 9.17) is 8.83 Å². The topological polar surface area (TPSA) is 38.6 Å². The van der Waals surface area contributed by atoms with Crippen LogP contribution in [0.5, 0.6) is 0 Å². The molecule has 0 bridgehead atoms. The maximum atomic E-state index is 5.13. The molecule has 0 saturated heterocycles. The molecule has 0 fully saturated rings. The van der Waals surface area contributed by atoms with Crippen molar-refractivity contribution in [3.05, 3.63) is 54.4 Å². The Morgan fingerprint density at radius 3 is 2.73 bits per heavy atom. The largest absolute Gasteiger partial charge is 0.467 e. The normalized spacial score (nSPS) is 11.7. The molecule has 0 spiro atoms. The van der Waals surface area contributed by atoms with Crippen molar-refractivity contribution in [1.29, 1.82) is 0 Å². The second-order valence-electron chi connectivity index (χ2n) is 2.94. The van der Waals surface area contributed by atoms with Gasteiger partial charge in [0.15, 0.2) is 0 Å². The van der Waals surface area contributed by atoms with Crippen LogP contribution in [0.25, 0.3) is 6.08 Å². The smallest absolute Gasteiger partial charge is 0.126 e. The van der Waals surface area contributed by atoms with Crippen molar-refractivity contribution in [2.75, 3.05) is 0 Å². The Hall–Kier alpha value is -2.03. The van der Waals surface area contributed by atoms with Gasteiger partial charge in [-0.1, -0.05) is 0 Å². The van der Waals surface area contributed by atoms with E-state index in [1.165, 1.54) is 0 Å². The first-order valence-corrected chi connectivity index (χ1v) is 4.67. The lowest BCUT2D eigenvalue weighted by molar-refractivity contribution is 0.513. The SMILES string of the molecule is C(/C=C/c1ccco1)=NCc1ccco1. The van der Waals surface area contributed by atoms with Crippen molar-refractivity contribution in [1.82, 2.24) is 0 Å². The molecule has 15 heavy (non-hydrogen) atoms. The average molecular weight is 201 g/mol. The number of furan rings is 2. The third kappa shape index (κ3) is 2.98. The molecule has 3 heteroatoms. The molecule has 0 aliphatic carbocycles. The first-order chi connectivity index (χ1) is 7.45. The van der Waals surface area contributed by atoms with Crippen LogP contribution >= 0.6 is 0 Å². The van der Waals surface area contributed by atoms with Gasteiger partial charge in [0, 0.05) is 6.21 Å². The van der Waals surface area contributed by atoms with Gasteiger partial charge in [0.25, 0.3) is 0 Å². The molecule has 2 aromatic heterocycles. The molecule has 2 aromatic rings. The van der Waals surface area contributed by atoms with E-state index in [2.05, 4.69) is 4.99 Å². The van der Waals surface area contributed by atoms with E-state index >= 15 is 0 Å². The summed E-state index contributed by atoms with van der Waals surface area (Å²) in [5.41, 5.74) is 0. The Balaban J connectivity index is 1.81. The Kier molecular flexibility index (Phi) is 3.18. The molecule has 0 aliphatic heterocycles. The van der Waals surface area contributed by atoms with Crippen molar-refractivity contribution in [3.63, 3.8) is 0 Å². The van der Waals surface area contributed by atoms with Crippen LogP contribution in [0.2, 0.25) is 0 Å². The third-order valence-corrected chi connectivity index (χ3v) is 1.82. The van der Waals surface area contributed by atoms with Crippen molar-refractivity contribution >= 4 is 12.3 Å². The van der Waals surface area contributed by atoms with E-state index in [0.29, 0.717) is 6.54 Å². The molecule has 0 N–H and O–H groups in total. The summed E-state index contributed by atoms with van der Waals surface area (Å²) in [6.07, 6.45) is 8.70. The van der Waals surface area contributed by atoms with Crippen LogP contribution in [0.4, 0.5) is 0 Å². The molecule has 0 atom stereocenters. The minimum absolute atomic E-state index is 0.565. The lowest BCUT2D eigenvalue weighted by Crippen LogP contribution is -1.75. The highest BCUT2D eigenvalue weighted by Crippen LogP contribution is 2.02. The van der Waals surface area contributed by atoms with E-state index in [1.54, 1.807) is 18.7 Å². The highest BCUT2D eigenvalue weighted by atomic mass is 16.3. The molecule has 2 rings (SSSR count). The summed E-state index contributed by atoms with van der Waals surface area (Å²) in [6, 6.07) is 7.48. The standard InChI is InChI=1S/C12H11NO2/c1(4-11-5-2-8-14-11)7-13-10-12-6-3-9-15-12/h1-9H,10H2/b4-1+,13-7?. The second kappa shape index (κ2) is 5.00. The first kappa shape index (κ1) is 9.52. The molecule has 3 nitrogen and oxygen atoms in total. The van der Waals surface area contributed by atoms with Crippen LogP contribution in [0.1, 0.15) is 11.5 Å². The number of nitrogens with zero attached hydrogens (tertiary/aromatic N) is 1. The lowest BCUT2D eigenvalue weighted by atomic mass is 10.4. The van der Waals surface area contributed by atoms with Crippen LogP contribution in [0, 0.1) is 0 Å². The minimum atomic E-state index is 0.565. The van der Waals surface area contributed by atoms with Crippen molar-refractivity contribution in [2.45, 2.75) is 6.54 Å². The maximum absolute atomic E-state index is 5.13. The van der Waals surface area contributed by atoms with E-state index in [0.717, 1.165) is 11.5 Å². The van der Waals surface area contributed by atoms with Gasteiger partial charge in [0.1, 0.15) is 11.5 Å². The molecular weight excluding hydrogens is 190 g/mol. The Bertz CT molecular complexity index is 424. The fourth-order valence-corrected chi connectivity index (χ4v) is 1.13. The Labute approximate surface area is 87.7 Å². The summed E-state index contributed by atoms with van der Waals surface area (Å²) < 4.78 is 10.2. The fourth-order valence-electron chi connectivity index (χ4n) is 1.13. The first-order valence-electron chi connectivity index (χ1n) is 4.67. The molecule has 0 amide bonds. The van der Waals surface area contributed by atoms with Crippen molar-refractivity contribution in [2.24, 2.45) is 4.99 Å². The van der Waals surface area contributed by atoms with Gasteiger partial charge in [-0.05, 0) is 36.4 Å². The van der Waals surface area contributed by atoms with Gasteiger partial charge in [-0.25, -0.2) is 0 Å². The maximum Gasteiger partial charge on any atom is 0.126 e. The second-order valence-corrected chi connectivity index (χ2v) is 2.94. The predicted molar refractivity (Wildman–Crippen MR) is 58.6 cm³/mol. The summed E-state index contributed by atoms with van der Waals surface area (Å²) in [5.74, 6) is 1.68. The van der Waals surface area contributed by atoms with E-state index in [-0.39, 0.29) is 0 Å². The zero-order chi connectivity index (χ0) is 10.3. The summed E-state index contributed by atoms with van der Waals surface area (Å²) in [6.45, 7) is 0.565. The molecule has 0 aromatic carbocycles. The van der Waals surface area contributed by atoms with Gasteiger partial charge < -0.3 is 8.83 Å². The summed E-state index contributed by atoms with van der Waals surface area (Å²) in [7, 11) is 0. The van der Waals surface area contributed by atoms with E-state index in [9.17, 15) is 0 Å². The number of hydrogen-bond acceptors (Lipinski definition) is 3. The molecule has 0 aliphatic rings. The summed E-state index contributed by atoms with van der Waals surface area (Å²) >= 11 is 0. The molecule has 0 radical (unpaired) electrons. The predicted octanol–water partition coefficient (Wildman–Crippen LogP) is 3.16. The van der Waals surface area contributed by atoms with Crippen LogP contribution in [-0.4, -0.2) is 6.21 Å². The highest BCUT2D eigenvalue weighted by molar-refractivity contribution is 5.77. The molecule has 0 saturated carbocycles. The zero-order valence-electron chi connectivity index (χ0n) is 8.17. The van der Waals surface area contributed by atoms with E-state index < -0.39 is 0 Å². The summed E-state index contributed by atoms with van der Waals surface area (Å²) in [5, 5.41) is 0. The van der Waals surface area contributed by atoms with Crippen LogP contribution in [-0.2, 0) is 6.54 Å². The van der Waals surface area contributed by atoms with Gasteiger partial charge in [-0.3, -0.25) is 4.99 Å². The van der Waals surface area contributed by atoms with Gasteiger partial charge in [-0.2, -0.15) is 0 Å². The van der Waals surface area contributed by atoms with Gasteiger partial charge in [-0.15, -0.1) is 0 Å². The van der Waals surface area contributed by atoms with Crippen molar-refractivity contribution in [3.8, 4) is 0 Å². The number of aliphatic imine (C=N–C) groups is 1. The fraction of sp³-hybridized carbons (Fsp3) is 0.0833. The third-order valence-electron chi connectivity index (χ3n) is 1.82. The molecule has 0 unspecified atom stereocenters. The average Bonchev–Trinajstić information content (AvgIpc) is 2.88. The van der Waals surface area contributed by atoms with Crippen LogP contribution in [0.15, 0.2) is 56.7 Å². The molecule has 2 heterocycles. The van der Waals surface area contributed by atoms with Crippen LogP contribution in [0.3, 0.4) is 0 Å². The number of hydrogen-bond donors (Lipinski definition) is 0. The molecular formula is C12H11NO2. The zero-order valence-corrected chi connectivity index (χ0v) is 8.17. The van der Waals surface area contributed by atoms with Gasteiger partial charge in [0.05, 0.1) is 19.1 Å². The van der Waals surface area contributed by atoms with Crippen LogP contribution < -0.4 is 0 Å². The van der Waals surface area contributed by atoms with Gasteiger partial charge >= 0.3 is 0 Å². The van der Waals surface area contributed by atoms with Gasteiger partial charge in [0.2, 0.25) is 0 Å². The Morgan fingerprint density at radius 1 is 1.13 bits per heavy atom. The minimum Gasteiger partial charge on any atom is -0.467 e. The lowest BCUT2D eigenvalue weighted by Gasteiger charge is -1.85. The number of allylic oxidation sites excluding steroid dienone is 1. The summed E-state index contributed by atoms with van der Waals surface area (Å²) in [4.78, 5) is 4.17. The quantitative estimate of drug-likeness (QED) is 0.712. The highest BCUT2D eigenvalue weighted by Gasteiger charge is 1.89.